The van der Waals surface area contributed by atoms with Crippen LogP contribution < -0.4 is 5.32 Å². The quantitative estimate of drug-likeness (QED) is 0.693. The van der Waals surface area contributed by atoms with E-state index in [0.717, 1.165) is 26.2 Å². The Hall–Kier alpha value is 0.210. The number of hydrogen-bond donors (Lipinski definition) is 1. The largest absolute Gasteiger partial charge is 0.380 e. The average molecular weight is 220 g/mol. The van der Waals surface area contributed by atoms with Crippen LogP contribution in [0.5, 0.6) is 0 Å². The zero-order valence-corrected chi connectivity index (χ0v) is 10.0. The molecule has 0 aromatic carbocycles. The van der Waals surface area contributed by atoms with Crippen molar-refractivity contribution in [3.8, 4) is 0 Å². The van der Waals surface area contributed by atoms with E-state index >= 15 is 0 Å². The summed E-state index contributed by atoms with van der Waals surface area (Å²) in [6.07, 6.45) is 3.48. The van der Waals surface area contributed by atoms with Gasteiger partial charge in [-0.25, -0.2) is 0 Å². The fraction of sp³-hybridized carbons (Fsp3) is 1.00. The maximum absolute atomic E-state index is 6.32. The van der Waals surface area contributed by atoms with E-state index in [2.05, 4.69) is 19.2 Å². The zero-order chi connectivity index (χ0) is 10.4. The maximum Gasteiger partial charge on any atom is 0.0620 e. The highest BCUT2D eigenvalue weighted by Gasteiger charge is 2.19. The second kappa shape index (κ2) is 6.65. The summed E-state index contributed by atoms with van der Waals surface area (Å²) in [6, 6.07) is 0.533. The highest BCUT2D eigenvalue weighted by Crippen LogP contribution is 2.18. The van der Waals surface area contributed by atoms with E-state index in [1.165, 1.54) is 12.8 Å². The second-order valence-electron chi connectivity index (χ2n) is 4.06. The summed E-state index contributed by atoms with van der Waals surface area (Å²) < 4.78 is 5.30. The molecule has 1 saturated heterocycles. The molecule has 1 N–H and O–H groups in total. The number of ether oxygens (including phenoxy) is 1. The van der Waals surface area contributed by atoms with E-state index in [4.69, 9.17) is 16.3 Å². The first-order valence-corrected chi connectivity index (χ1v) is 6.16. The van der Waals surface area contributed by atoms with Gasteiger partial charge in [0.2, 0.25) is 0 Å². The van der Waals surface area contributed by atoms with Crippen molar-refractivity contribution in [2.24, 2.45) is 5.92 Å². The summed E-state index contributed by atoms with van der Waals surface area (Å²) in [4.78, 5) is 0. The van der Waals surface area contributed by atoms with Crippen molar-refractivity contribution < 1.29 is 4.74 Å². The van der Waals surface area contributed by atoms with E-state index < -0.39 is 0 Å². The van der Waals surface area contributed by atoms with Crippen LogP contribution in [0.2, 0.25) is 0 Å². The van der Waals surface area contributed by atoms with Gasteiger partial charge in [0.15, 0.2) is 0 Å². The molecule has 2 atom stereocenters. The van der Waals surface area contributed by atoms with Crippen LogP contribution in [0.3, 0.4) is 0 Å². The number of hydrogen-bond acceptors (Lipinski definition) is 2. The molecule has 0 aliphatic carbocycles. The Morgan fingerprint density at radius 3 is 2.64 bits per heavy atom. The van der Waals surface area contributed by atoms with Crippen molar-refractivity contribution in [1.29, 1.82) is 0 Å². The Morgan fingerprint density at radius 2 is 2.14 bits per heavy atom. The third-order valence-corrected chi connectivity index (χ3v) is 3.60. The molecule has 1 aliphatic rings. The van der Waals surface area contributed by atoms with E-state index in [1.54, 1.807) is 0 Å². The van der Waals surface area contributed by atoms with Crippen LogP contribution in [0.1, 0.15) is 33.1 Å². The van der Waals surface area contributed by atoms with Gasteiger partial charge in [0, 0.05) is 24.6 Å². The third kappa shape index (κ3) is 3.76. The minimum Gasteiger partial charge on any atom is -0.380 e. The minimum atomic E-state index is 0.269. The molecule has 0 radical (unpaired) electrons. The summed E-state index contributed by atoms with van der Waals surface area (Å²) in [5.41, 5.74) is 0. The molecular formula is C11H22ClNO. The lowest BCUT2D eigenvalue weighted by atomic mass is 9.99. The highest BCUT2D eigenvalue weighted by molar-refractivity contribution is 6.21. The van der Waals surface area contributed by atoms with E-state index in [1.807, 2.05) is 0 Å². The van der Waals surface area contributed by atoms with Gasteiger partial charge < -0.3 is 10.1 Å². The molecule has 2 nitrogen and oxygen atoms in total. The van der Waals surface area contributed by atoms with Gasteiger partial charge in [-0.15, -0.1) is 11.6 Å². The number of rotatable bonds is 6. The molecule has 2 unspecified atom stereocenters. The normalized spacial score (nSPS) is 24.4. The SMILES string of the molecule is CCC(CC)C(Cl)CNC1CCOC1. The first-order valence-electron chi connectivity index (χ1n) is 5.73. The van der Waals surface area contributed by atoms with Crippen molar-refractivity contribution in [3.05, 3.63) is 0 Å². The molecule has 3 heteroatoms. The second-order valence-corrected chi connectivity index (χ2v) is 4.62. The Labute approximate surface area is 92.3 Å². The molecule has 0 amide bonds. The molecule has 84 valence electrons. The monoisotopic (exact) mass is 219 g/mol. The maximum atomic E-state index is 6.32. The molecule has 0 saturated carbocycles. The van der Waals surface area contributed by atoms with Gasteiger partial charge in [0.1, 0.15) is 0 Å². The molecular weight excluding hydrogens is 198 g/mol. The Balaban J connectivity index is 2.15. The fourth-order valence-electron chi connectivity index (χ4n) is 1.94. The van der Waals surface area contributed by atoms with Crippen LogP contribution in [-0.4, -0.2) is 31.2 Å². The first-order chi connectivity index (χ1) is 6.77. The van der Waals surface area contributed by atoms with Crippen molar-refractivity contribution in [3.63, 3.8) is 0 Å². The predicted molar refractivity (Wildman–Crippen MR) is 60.9 cm³/mol. The van der Waals surface area contributed by atoms with Crippen LogP contribution in [0.25, 0.3) is 0 Å². The van der Waals surface area contributed by atoms with Crippen LogP contribution in [0, 0.1) is 5.92 Å². The number of nitrogens with one attached hydrogen (secondary N) is 1. The van der Waals surface area contributed by atoms with Gasteiger partial charge in [0.05, 0.1) is 6.61 Å². The van der Waals surface area contributed by atoms with E-state index in [-0.39, 0.29) is 5.38 Å². The Bertz CT molecular complexity index is 144. The first kappa shape index (κ1) is 12.3. The van der Waals surface area contributed by atoms with Crippen molar-refractivity contribution in [2.45, 2.75) is 44.5 Å². The van der Waals surface area contributed by atoms with Crippen molar-refractivity contribution in [2.75, 3.05) is 19.8 Å². The van der Waals surface area contributed by atoms with Gasteiger partial charge in [0.25, 0.3) is 0 Å². The highest BCUT2D eigenvalue weighted by atomic mass is 35.5. The summed E-state index contributed by atoms with van der Waals surface area (Å²) in [5, 5.41) is 3.74. The number of alkyl halides is 1. The molecule has 1 aliphatic heterocycles. The van der Waals surface area contributed by atoms with Gasteiger partial charge in [-0.1, -0.05) is 26.7 Å². The Morgan fingerprint density at radius 1 is 1.43 bits per heavy atom. The predicted octanol–water partition coefficient (Wildman–Crippen LogP) is 2.41. The van der Waals surface area contributed by atoms with Crippen molar-refractivity contribution in [1.82, 2.24) is 5.32 Å². The smallest absolute Gasteiger partial charge is 0.0620 e. The van der Waals surface area contributed by atoms with Crippen LogP contribution in [-0.2, 0) is 4.74 Å². The lowest BCUT2D eigenvalue weighted by molar-refractivity contribution is 0.189. The van der Waals surface area contributed by atoms with Gasteiger partial charge in [-0.3, -0.25) is 0 Å². The molecule has 1 rings (SSSR count). The lowest BCUT2D eigenvalue weighted by Gasteiger charge is -2.21. The zero-order valence-electron chi connectivity index (χ0n) is 9.26. The van der Waals surface area contributed by atoms with Gasteiger partial charge in [-0.05, 0) is 12.3 Å². The lowest BCUT2D eigenvalue weighted by Crippen LogP contribution is -2.36. The Kier molecular flexibility index (Phi) is 5.83. The number of halogens is 1. The molecule has 0 aromatic heterocycles. The van der Waals surface area contributed by atoms with E-state index in [9.17, 15) is 0 Å². The topological polar surface area (TPSA) is 21.3 Å². The minimum absolute atomic E-state index is 0.269. The van der Waals surface area contributed by atoms with Crippen molar-refractivity contribution >= 4 is 11.6 Å². The van der Waals surface area contributed by atoms with Gasteiger partial charge >= 0.3 is 0 Å². The van der Waals surface area contributed by atoms with Gasteiger partial charge in [-0.2, -0.15) is 0 Å². The molecule has 14 heavy (non-hydrogen) atoms. The van der Waals surface area contributed by atoms with Crippen LogP contribution in [0.4, 0.5) is 0 Å². The standard InChI is InChI=1S/C11H22ClNO/c1-3-9(4-2)11(12)7-13-10-5-6-14-8-10/h9-11,13H,3-8H2,1-2H3. The van der Waals surface area contributed by atoms with Crippen LogP contribution in [0.15, 0.2) is 0 Å². The molecule has 0 aromatic rings. The summed E-state index contributed by atoms with van der Waals surface area (Å²) in [5.74, 6) is 0.645. The molecule has 1 fully saturated rings. The average Bonchev–Trinajstić information content (AvgIpc) is 2.69. The summed E-state index contributed by atoms with van der Waals surface area (Å²) in [6.45, 7) is 7.09. The molecule has 0 spiro atoms. The fourth-order valence-corrected chi connectivity index (χ4v) is 2.39. The van der Waals surface area contributed by atoms with Crippen LogP contribution >= 0.6 is 11.6 Å². The summed E-state index contributed by atoms with van der Waals surface area (Å²) in [7, 11) is 0. The van der Waals surface area contributed by atoms with E-state index in [0.29, 0.717) is 12.0 Å². The summed E-state index contributed by atoms with van der Waals surface area (Å²) >= 11 is 6.32. The third-order valence-electron chi connectivity index (χ3n) is 3.09. The molecule has 1 heterocycles. The molecule has 0 bridgehead atoms.